The molecule has 3 aliphatic carbocycles. The topological polar surface area (TPSA) is 135 Å². The number of nitrogens with two attached hydrogens (primary N) is 2. The number of aliphatic hydroxyl groups is 1. The fraction of sp³-hybridized carbons (Fsp3) is 0.964. The molecule has 8 N–H and O–H groups in total. The van der Waals surface area contributed by atoms with Crippen molar-refractivity contribution in [1.29, 1.82) is 0 Å². The van der Waals surface area contributed by atoms with Crippen LogP contribution in [0.5, 0.6) is 0 Å². The molecular formula is C28H50ClN5O3. The summed E-state index contributed by atoms with van der Waals surface area (Å²) in [4.78, 5) is 13.8. The van der Waals surface area contributed by atoms with Gasteiger partial charge in [-0.1, -0.05) is 25.7 Å². The minimum Gasteiger partial charge on any atom is -0.396 e. The first kappa shape index (κ1) is 28.1. The Morgan fingerprint density at radius 2 is 1.89 bits per heavy atom. The molecule has 7 unspecified atom stereocenters. The third kappa shape index (κ3) is 5.59. The molecule has 5 fully saturated rings. The van der Waals surface area contributed by atoms with E-state index in [2.05, 4.69) is 16.0 Å². The van der Waals surface area contributed by atoms with Gasteiger partial charge in [-0.25, -0.2) is 0 Å². The van der Waals surface area contributed by atoms with Crippen molar-refractivity contribution in [2.75, 3.05) is 32.8 Å². The van der Waals surface area contributed by atoms with Crippen LogP contribution >= 0.6 is 11.6 Å². The smallest absolute Gasteiger partial charge is 0.227 e. The summed E-state index contributed by atoms with van der Waals surface area (Å²) in [6, 6.07) is -0.244. The third-order valence-corrected chi connectivity index (χ3v) is 11.3. The highest BCUT2D eigenvalue weighted by Gasteiger charge is 2.59. The van der Waals surface area contributed by atoms with Crippen LogP contribution in [0, 0.1) is 23.2 Å². The number of fused-ring (bicyclic) bond motifs is 3. The minimum absolute atomic E-state index is 0.0719. The Balaban J connectivity index is 1.35. The maximum Gasteiger partial charge on any atom is 0.227 e. The van der Waals surface area contributed by atoms with Gasteiger partial charge in [-0.15, -0.1) is 11.6 Å². The molecule has 7 atom stereocenters. The Morgan fingerprint density at radius 3 is 2.65 bits per heavy atom. The molecule has 5 rings (SSSR count). The van der Waals surface area contributed by atoms with Crippen LogP contribution in [-0.4, -0.2) is 72.6 Å². The Labute approximate surface area is 227 Å². The average molecular weight is 540 g/mol. The lowest BCUT2D eigenvalue weighted by Crippen LogP contribution is -2.68. The van der Waals surface area contributed by atoms with Crippen molar-refractivity contribution < 1.29 is 14.6 Å². The molecule has 0 aromatic carbocycles. The molecule has 1 spiro atoms. The monoisotopic (exact) mass is 539 g/mol. The van der Waals surface area contributed by atoms with E-state index in [1.807, 2.05) is 0 Å². The third-order valence-electron chi connectivity index (χ3n) is 10.7. The highest BCUT2D eigenvalue weighted by molar-refractivity contribution is 6.24. The molecule has 0 aromatic heterocycles. The lowest BCUT2D eigenvalue weighted by molar-refractivity contribution is -0.148. The average Bonchev–Trinajstić information content (AvgIpc) is 2.97. The number of ether oxygens (including phenoxy) is 1. The Hall–Kier alpha value is -0.480. The van der Waals surface area contributed by atoms with Crippen LogP contribution in [0.15, 0.2) is 0 Å². The summed E-state index contributed by atoms with van der Waals surface area (Å²) in [6.45, 7) is 2.86. The lowest BCUT2D eigenvalue weighted by Gasteiger charge is -2.51. The van der Waals surface area contributed by atoms with Gasteiger partial charge in [-0.3, -0.25) is 4.79 Å². The van der Waals surface area contributed by atoms with E-state index in [9.17, 15) is 9.90 Å². The van der Waals surface area contributed by atoms with Gasteiger partial charge in [0.05, 0.1) is 28.6 Å². The molecule has 9 heteroatoms. The number of nitrogens with one attached hydrogen (secondary N) is 3. The summed E-state index contributed by atoms with van der Waals surface area (Å²) < 4.78 is 6.67. The minimum atomic E-state index is -0.757. The number of hydrogen-bond acceptors (Lipinski definition) is 7. The zero-order valence-electron chi connectivity index (χ0n) is 22.5. The normalized spacial score (nSPS) is 41.4. The zero-order valence-corrected chi connectivity index (χ0v) is 23.2. The Kier molecular flexibility index (Phi) is 8.77. The molecule has 0 aromatic rings. The van der Waals surface area contributed by atoms with Gasteiger partial charge in [0.25, 0.3) is 0 Å². The van der Waals surface area contributed by atoms with E-state index in [1.165, 1.54) is 44.9 Å². The van der Waals surface area contributed by atoms with Crippen molar-refractivity contribution in [3.63, 3.8) is 0 Å². The van der Waals surface area contributed by atoms with Crippen molar-refractivity contribution >= 4 is 17.5 Å². The maximum atomic E-state index is 14.1. The number of hydrogen-bond donors (Lipinski definition) is 6. The van der Waals surface area contributed by atoms with Crippen molar-refractivity contribution in [1.82, 2.24) is 16.0 Å². The summed E-state index contributed by atoms with van der Waals surface area (Å²) >= 11 is 7.20. The van der Waals surface area contributed by atoms with Gasteiger partial charge >= 0.3 is 0 Å². The molecule has 0 radical (unpaired) electrons. The number of rotatable bonds is 9. The molecule has 212 valence electrons. The fourth-order valence-electron chi connectivity index (χ4n) is 9.02. The van der Waals surface area contributed by atoms with Crippen LogP contribution < -0.4 is 27.4 Å². The number of piperidine rings is 1. The van der Waals surface area contributed by atoms with Gasteiger partial charge in [0.15, 0.2) is 0 Å². The molecule has 5 aliphatic rings. The quantitative estimate of drug-likeness (QED) is 0.150. The molecule has 3 bridgehead atoms. The molecular weight excluding hydrogens is 490 g/mol. The van der Waals surface area contributed by atoms with E-state index < -0.39 is 17.7 Å². The van der Waals surface area contributed by atoms with Gasteiger partial charge in [0, 0.05) is 32.3 Å². The van der Waals surface area contributed by atoms with Crippen LogP contribution in [0.3, 0.4) is 0 Å². The van der Waals surface area contributed by atoms with E-state index in [1.54, 1.807) is 0 Å². The molecule has 2 heterocycles. The second-order valence-electron chi connectivity index (χ2n) is 13.0. The second-order valence-corrected chi connectivity index (χ2v) is 13.8. The van der Waals surface area contributed by atoms with E-state index in [4.69, 9.17) is 27.8 Å². The van der Waals surface area contributed by atoms with E-state index in [0.717, 1.165) is 38.6 Å². The van der Waals surface area contributed by atoms with Crippen molar-refractivity contribution in [3.8, 4) is 0 Å². The van der Waals surface area contributed by atoms with Gasteiger partial charge in [0.1, 0.15) is 0 Å². The van der Waals surface area contributed by atoms with Crippen molar-refractivity contribution in [2.24, 2.45) is 34.6 Å². The first-order chi connectivity index (χ1) is 17.8. The lowest BCUT2D eigenvalue weighted by atomic mass is 9.69. The number of alkyl halides is 1. The predicted molar refractivity (Wildman–Crippen MR) is 146 cm³/mol. The van der Waals surface area contributed by atoms with Gasteiger partial charge in [-0.05, 0) is 81.6 Å². The maximum absolute atomic E-state index is 14.1. The van der Waals surface area contributed by atoms with Gasteiger partial charge in [0.2, 0.25) is 5.91 Å². The molecule has 8 nitrogen and oxygen atoms in total. The SMILES string of the molecule is NC(N)C(C(=O)NC1CNCCC1(OCCCO)C1CCCCC1)C1CC23CCCC(C2)C(Cl)(CN1)C3. The standard InChI is InChI=1S/C28H50ClN5O3/c29-27-17-26(9-4-8-20(27)14-26)15-21(33-18-27)23(24(30)31)25(36)34-22-16-32-11-10-28(22,37-13-5-12-35)19-6-2-1-3-7-19/h19-24,32-33,35H,1-18,30-31H2,(H,34,36). The number of carbonyl (C=O) groups excluding carboxylic acids is 1. The summed E-state index contributed by atoms with van der Waals surface area (Å²) in [5, 5.41) is 20.0. The van der Waals surface area contributed by atoms with Gasteiger partial charge in [-0.2, -0.15) is 0 Å². The number of carbonyl (C=O) groups is 1. The summed E-state index contributed by atoms with van der Waals surface area (Å²) in [7, 11) is 0. The second kappa shape index (κ2) is 11.6. The first-order valence-corrected chi connectivity index (χ1v) is 15.4. The van der Waals surface area contributed by atoms with Gasteiger partial charge < -0.3 is 37.3 Å². The molecule has 37 heavy (non-hydrogen) atoms. The molecule has 2 saturated heterocycles. The zero-order chi connectivity index (χ0) is 26.1. The van der Waals surface area contributed by atoms with Crippen LogP contribution in [-0.2, 0) is 9.53 Å². The highest BCUT2D eigenvalue weighted by Crippen LogP contribution is 2.62. The Bertz CT molecular complexity index is 798. The number of halogens is 1. The number of amides is 1. The van der Waals surface area contributed by atoms with E-state index in [0.29, 0.717) is 38.0 Å². The fourth-order valence-corrected chi connectivity index (χ4v) is 9.57. The van der Waals surface area contributed by atoms with Crippen LogP contribution in [0.25, 0.3) is 0 Å². The number of aliphatic hydroxyl groups excluding tert-OH is 1. The summed E-state index contributed by atoms with van der Waals surface area (Å²) in [5.74, 6) is 0.365. The predicted octanol–water partition coefficient (Wildman–Crippen LogP) is 1.96. The molecule has 3 saturated carbocycles. The van der Waals surface area contributed by atoms with Crippen LogP contribution in [0.2, 0.25) is 0 Å². The molecule has 1 amide bonds. The molecule has 2 aliphatic heterocycles. The largest absolute Gasteiger partial charge is 0.396 e. The van der Waals surface area contributed by atoms with Crippen molar-refractivity contribution in [2.45, 2.75) is 112 Å². The summed E-state index contributed by atoms with van der Waals surface area (Å²) in [6.07, 6.45) is 13.3. The Morgan fingerprint density at radius 1 is 1.11 bits per heavy atom. The highest BCUT2D eigenvalue weighted by atomic mass is 35.5. The van der Waals surface area contributed by atoms with E-state index >= 15 is 0 Å². The first-order valence-electron chi connectivity index (χ1n) is 15.0. The van der Waals surface area contributed by atoms with E-state index in [-0.39, 0.29) is 34.9 Å². The van der Waals surface area contributed by atoms with Crippen LogP contribution in [0.4, 0.5) is 0 Å². The summed E-state index contributed by atoms with van der Waals surface area (Å²) in [5.41, 5.74) is 12.5. The van der Waals surface area contributed by atoms with Crippen LogP contribution in [0.1, 0.15) is 83.5 Å². The van der Waals surface area contributed by atoms with Crippen molar-refractivity contribution in [3.05, 3.63) is 0 Å².